The van der Waals surface area contributed by atoms with Crippen molar-refractivity contribution in [2.45, 2.75) is 37.8 Å². The summed E-state index contributed by atoms with van der Waals surface area (Å²) in [4.78, 5) is 2.38. The van der Waals surface area contributed by atoms with Gasteiger partial charge in [0.05, 0.1) is 18.2 Å². The molecular formula is C15H17BrN2O. The normalized spacial score (nSPS) is 29.3. The van der Waals surface area contributed by atoms with Crippen LogP contribution in [0.5, 0.6) is 0 Å². The molecule has 0 unspecified atom stereocenters. The van der Waals surface area contributed by atoms with Gasteiger partial charge in [0.1, 0.15) is 6.07 Å². The van der Waals surface area contributed by atoms with Crippen LogP contribution in [0.1, 0.15) is 31.2 Å². The standard InChI is InChI=1S/C15H17BrN2O/c16-14-7-12(5-4-11(14)8-17)18-13(9-19)6-10-2-1-3-15(10)18/h4-5,7,10,13,15,19H,1-3,6,9H2/t10-,13-,15-/m0/s1. The van der Waals surface area contributed by atoms with E-state index >= 15 is 0 Å². The third-order valence-electron chi connectivity index (χ3n) is 4.53. The lowest BCUT2D eigenvalue weighted by Gasteiger charge is -2.31. The Labute approximate surface area is 122 Å². The summed E-state index contributed by atoms with van der Waals surface area (Å²) in [6.07, 6.45) is 4.90. The number of fused-ring (bicyclic) bond motifs is 1. The van der Waals surface area contributed by atoms with Gasteiger partial charge in [0.15, 0.2) is 0 Å². The molecule has 2 fully saturated rings. The second-order valence-corrected chi connectivity index (χ2v) is 6.37. The lowest BCUT2D eigenvalue weighted by atomic mass is 10.0. The zero-order chi connectivity index (χ0) is 13.4. The van der Waals surface area contributed by atoms with E-state index in [4.69, 9.17) is 5.26 Å². The highest BCUT2D eigenvalue weighted by atomic mass is 79.9. The van der Waals surface area contributed by atoms with E-state index < -0.39 is 0 Å². The van der Waals surface area contributed by atoms with Crippen LogP contribution >= 0.6 is 15.9 Å². The molecule has 1 heterocycles. The second kappa shape index (κ2) is 5.15. The Balaban J connectivity index is 1.95. The first-order valence-electron chi connectivity index (χ1n) is 6.83. The summed E-state index contributed by atoms with van der Waals surface area (Å²) >= 11 is 3.46. The number of hydrogen-bond acceptors (Lipinski definition) is 3. The van der Waals surface area contributed by atoms with Gasteiger partial charge >= 0.3 is 0 Å². The maximum atomic E-state index is 9.62. The van der Waals surface area contributed by atoms with Crippen LogP contribution in [0.3, 0.4) is 0 Å². The van der Waals surface area contributed by atoms with E-state index in [1.54, 1.807) is 0 Å². The second-order valence-electron chi connectivity index (χ2n) is 5.51. The van der Waals surface area contributed by atoms with Crippen molar-refractivity contribution in [3.05, 3.63) is 28.2 Å². The van der Waals surface area contributed by atoms with Crippen molar-refractivity contribution in [1.29, 1.82) is 5.26 Å². The molecule has 0 aromatic heterocycles. The van der Waals surface area contributed by atoms with E-state index in [0.29, 0.717) is 11.6 Å². The van der Waals surface area contributed by atoms with Crippen LogP contribution in [0.4, 0.5) is 5.69 Å². The maximum Gasteiger partial charge on any atom is 0.100 e. The van der Waals surface area contributed by atoms with E-state index in [2.05, 4.69) is 26.9 Å². The van der Waals surface area contributed by atoms with E-state index in [1.165, 1.54) is 19.3 Å². The molecule has 1 aromatic rings. The SMILES string of the molecule is N#Cc1ccc(N2[C@H](CO)C[C@@H]3CCC[C@@H]32)cc1Br. The lowest BCUT2D eigenvalue weighted by Crippen LogP contribution is -2.38. The number of benzene rings is 1. The molecule has 0 bridgehead atoms. The number of halogens is 1. The van der Waals surface area contributed by atoms with Gasteiger partial charge in [-0.05, 0) is 59.3 Å². The van der Waals surface area contributed by atoms with Gasteiger partial charge in [-0.2, -0.15) is 5.26 Å². The summed E-state index contributed by atoms with van der Waals surface area (Å²) in [5, 5.41) is 18.6. The highest BCUT2D eigenvalue weighted by Gasteiger charge is 2.43. The quantitative estimate of drug-likeness (QED) is 0.911. The Kier molecular flexibility index (Phi) is 3.51. The molecular weight excluding hydrogens is 304 g/mol. The van der Waals surface area contributed by atoms with Crippen LogP contribution in [0, 0.1) is 17.2 Å². The van der Waals surface area contributed by atoms with Gasteiger partial charge in [0, 0.05) is 16.2 Å². The average molecular weight is 321 g/mol. The van der Waals surface area contributed by atoms with Crippen LogP contribution < -0.4 is 4.90 Å². The minimum absolute atomic E-state index is 0.213. The monoisotopic (exact) mass is 320 g/mol. The molecule has 3 rings (SSSR count). The van der Waals surface area contributed by atoms with Crippen LogP contribution in [-0.2, 0) is 0 Å². The van der Waals surface area contributed by atoms with Crippen molar-refractivity contribution >= 4 is 21.6 Å². The van der Waals surface area contributed by atoms with Crippen LogP contribution in [0.15, 0.2) is 22.7 Å². The third kappa shape index (κ3) is 2.15. The van der Waals surface area contributed by atoms with Gasteiger partial charge in [-0.25, -0.2) is 0 Å². The molecule has 1 aromatic carbocycles. The third-order valence-corrected chi connectivity index (χ3v) is 5.18. The van der Waals surface area contributed by atoms with Crippen LogP contribution in [-0.4, -0.2) is 23.8 Å². The zero-order valence-electron chi connectivity index (χ0n) is 10.7. The number of rotatable bonds is 2. The largest absolute Gasteiger partial charge is 0.394 e. The Hall–Kier alpha value is -1.05. The van der Waals surface area contributed by atoms with E-state index in [9.17, 15) is 5.11 Å². The van der Waals surface area contributed by atoms with Crippen molar-refractivity contribution in [2.75, 3.05) is 11.5 Å². The molecule has 1 aliphatic carbocycles. The maximum absolute atomic E-state index is 9.62. The molecule has 2 aliphatic rings. The number of aliphatic hydroxyl groups excluding tert-OH is 1. The Morgan fingerprint density at radius 3 is 2.95 bits per heavy atom. The molecule has 3 nitrogen and oxygen atoms in total. The Morgan fingerprint density at radius 2 is 2.26 bits per heavy atom. The molecule has 1 N–H and O–H groups in total. The van der Waals surface area contributed by atoms with Gasteiger partial charge in [-0.1, -0.05) is 6.42 Å². The Morgan fingerprint density at radius 1 is 1.42 bits per heavy atom. The first-order chi connectivity index (χ1) is 9.24. The topological polar surface area (TPSA) is 47.3 Å². The minimum atomic E-state index is 0.213. The van der Waals surface area contributed by atoms with Crippen molar-refractivity contribution < 1.29 is 5.11 Å². The summed E-state index contributed by atoms with van der Waals surface area (Å²) in [5.74, 6) is 0.728. The average Bonchev–Trinajstić information content (AvgIpc) is 2.98. The first kappa shape index (κ1) is 13.0. The van der Waals surface area contributed by atoms with Gasteiger partial charge in [-0.15, -0.1) is 0 Å². The summed E-state index contributed by atoms with van der Waals surface area (Å²) in [7, 11) is 0. The first-order valence-corrected chi connectivity index (χ1v) is 7.62. The molecule has 1 aliphatic heterocycles. The number of nitriles is 1. The lowest BCUT2D eigenvalue weighted by molar-refractivity contribution is 0.261. The summed E-state index contributed by atoms with van der Waals surface area (Å²) in [6, 6.07) is 8.85. The fraction of sp³-hybridized carbons (Fsp3) is 0.533. The molecule has 100 valence electrons. The molecule has 0 spiro atoms. The fourth-order valence-electron chi connectivity index (χ4n) is 3.71. The van der Waals surface area contributed by atoms with Crippen molar-refractivity contribution in [3.8, 4) is 6.07 Å². The number of hydrogen-bond donors (Lipinski definition) is 1. The molecule has 0 amide bonds. The van der Waals surface area contributed by atoms with Gasteiger partial charge in [0.25, 0.3) is 0 Å². The number of aliphatic hydroxyl groups is 1. The van der Waals surface area contributed by atoms with Crippen LogP contribution in [0.25, 0.3) is 0 Å². The number of anilines is 1. The summed E-state index contributed by atoms with van der Waals surface area (Å²) < 4.78 is 0.839. The molecule has 0 radical (unpaired) electrons. The molecule has 4 heteroatoms. The minimum Gasteiger partial charge on any atom is -0.394 e. The fourth-order valence-corrected chi connectivity index (χ4v) is 4.17. The smallest absolute Gasteiger partial charge is 0.100 e. The predicted molar refractivity (Wildman–Crippen MR) is 78.0 cm³/mol. The van der Waals surface area contributed by atoms with Crippen molar-refractivity contribution in [2.24, 2.45) is 5.92 Å². The predicted octanol–water partition coefficient (Wildman–Crippen LogP) is 3.06. The van der Waals surface area contributed by atoms with Crippen molar-refractivity contribution in [1.82, 2.24) is 0 Å². The summed E-state index contributed by atoms with van der Waals surface area (Å²) in [5.41, 5.74) is 1.78. The Bertz CT molecular complexity index is 525. The zero-order valence-corrected chi connectivity index (χ0v) is 12.3. The van der Waals surface area contributed by atoms with Crippen molar-refractivity contribution in [3.63, 3.8) is 0 Å². The van der Waals surface area contributed by atoms with Gasteiger partial charge in [-0.3, -0.25) is 0 Å². The van der Waals surface area contributed by atoms with Gasteiger partial charge in [0.2, 0.25) is 0 Å². The highest BCUT2D eigenvalue weighted by Crippen LogP contribution is 2.44. The van der Waals surface area contributed by atoms with E-state index in [-0.39, 0.29) is 12.6 Å². The molecule has 1 saturated carbocycles. The highest BCUT2D eigenvalue weighted by molar-refractivity contribution is 9.10. The molecule has 3 atom stereocenters. The molecule has 19 heavy (non-hydrogen) atoms. The summed E-state index contributed by atoms with van der Waals surface area (Å²) in [6.45, 7) is 0.213. The van der Waals surface area contributed by atoms with Gasteiger partial charge < -0.3 is 10.0 Å². The van der Waals surface area contributed by atoms with E-state index in [0.717, 1.165) is 22.5 Å². The molecule has 1 saturated heterocycles. The van der Waals surface area contributed by atoms with Crippen LogP contribution in [0.2, 0.25) is 0 Å². The number of nitrogens with zero attached hydrogens (tertiary/aromatic N) is 2. The van der Waals surface area contributed by atoms with E-state index in [1.807, 2.05) is 18.2 Å².